The second kappa shape index (κ2) is 10.1. The van der Waals surface area contributed by atoms with Crippen molar-refractivity contribution < 1.29 is 18.8 Å². The molecule has 0 radical (unpaired) electrons. The highest BCUT2D eigenvalue weighted by Gasteiger charge is 2.51. The minimum absolute atomic E-state index is 0.161. The molecule has 1 saturated heterocycles. The van der Waals surface area contributed by atoms with Gasteiger partial charge in [-0.2, -0.15) is 0 Å². The van der Waals surface area contributed by atoms with Crippen molar-refractivity contribution in [3.05, 3.63) is 65.7 Å². The molecule has 0 bridgehead atoms. The molecule has 3 rings (SSSR count). The first kappa shape index (κ1) is 23.1. The molecule has 29 heavy (non-hydrogen) atoms. The normalized spacial score (nSPS) is 17.8. The quantitative estimate of drug-likeness (QED) is 0.599. The number of carbonyl (C=O) groups excluding carboxylic acids is 1. The number of hydrogen-bond acceptors (Lipinski definition) is 5. The third-order valence-electron chi connectivity index (χ3n) is 5.19. The molecule has 2 aromatic carbocycles. The van der Waals surface area contributed by atoms with Gasteiger partial charge in [0.2, 0.25) is 0 Å². The van der Waals surface area contributed by atoms with E-state index in [4.69, 9.17) is 15.0 Å². The SMILES string of the molecule is CC(N)Cc1cccc(B2OC(C)(C)C(C)(C)O2)c1.O=COCc1ccccc1. The van der Waals surface area contributed by atoms with Crippen LogP contribution in [0.3, 0.4) is 0 Å². The predicted octanol–water partition coefficient (Wildman–Crippen LogP) is 3.24. The van der Waals surface area contributed by atoms with Gasteiger partial charge in [0, 0.05) is 6.04 Å². The summed E-state index contributed by atoms with van der Waals surface area (Å²) in [6.45, 7) is 11.1. The molecule has 1 atom stereocenters. The summed E-state index contributed by atoms with van der Waals surface area (Å²) in [7, 11) is -0.293. The van der Waals surface area contributed by atoms with E-state index >= 15 is 0 Å². The first-order chi connectivity index (χ1) is 13.6. The summed E-state index contributed by atoms with van der Waals surface area (Å²) >= 11 is 0. The van der Waals surface area contributed by atoms with Crippen LogP contribution < -0.4 is 11.2 Å². The fourth-order valence-corrected chi connectivity index (χ4v) is 2.92. The van der Waals surface area contributed by atoms with E-state index in [1.165, 1.54) is 5.56 Å². The van der Waals surface area contributed by atoms with Crippen LogP contribution in [0.1, 0.15) is 45.7 Å². The van der Waals surface area contributed by atoms with Crippen molar-refractivity contribution in [2.24, 2.45) is 5.73 Å². The third-order valence-corrected chi connectivity index (χ3v) is 5.19. The molecule has 1 fully saturated rings. The second-order valence-electron chi connectivity index (χ2n) is 8.41. The average Bonchev–Trinajstić information content (AvgIpc) is 2.89. The largest absolute Gasteiger partial charge is 0.494 e. The van der Waals surface area contributed by atoms with Crippen molar-refractivity contribution in [2.75, 3.05) is 0 Å². The Kier molecular flexibility index (Phi) is 8.02. The van der Waals surface area contributed by atoms with Crippen LogP contribution in [-0.2, 0) is 31.9 Å². The van der Waals surface area contributed by atoms with Crippen molar-refractivity contribution in [1.29, 1.82) is 0 Å². The van der Waals surface area contributed by atoms with Gasteiger partial charge in [-0.15, -0.1) is 0 Å². The average molecular weight is 397 g/mol. The Hall–Kier alpha value is -2.15. The number of hydrogen-bond donors (Lipinski definition) is 1. The van der Waals surface area contributed by atoms with Crippen LogP contribution in [-0.4, -0.2) is 30.8 Å². The smallest absolute Gasteiger partial charge is 0.463 e. The Morgan fingerprint density at radius 2 is 1.59 bits per heavy atom. The Labute approximate surface area is 174 Å². The Morgan fingerprint density at radius 1 is 1.00 bits per heavy atom. The summed E-state index contributed by atoms with van der Waals surface area (Å²) in [5.74, 6) is 0. The topological polar surface area (TPSA) is 70.8 Å². The Balaban J connectivity index is 0.000000253. The van der Waals surface area contributed by atoms with Gasteiger partial charge in [0.1, 0.15) is 6.61 Å². The van der Waals surface area contributed by atoms with E-state index in [0.29, 0.717) is 13.1 Å². The van der Waals surface area contributed by atoms with Crippen molar-refractivity contribution in [2.45, 2.75) is 64.9 Å². The molecule has 2 aromatic rings. The van der Waals surface area contributed by atoms with E-state index in [2.05, 4.69) is 44.6 Å². The van der Waals surface area contributed by atoms with Gasteiger partial charge < -0.3 is 19.8 Å². The Morgan fingerprint density at radius 3 is 2.14 bits per heavy atom. The zero-order valence-corrected chi connectivity index (χ0v) is 18.1. The number of carbonyl (C=O) groups is 1. The fourth-order valence-electron chi connectivity index (χ4n) is 2.92. The van der Waals surface area contributed by atoms with Gasteiger partial charge in [-0.05, 0) is 57.6 Å². The van der Waals surface area contributed by atoms with Gasteiger partial charge in [0.05, 0.1) is 11.2 Å². The van der Waals surface area contributed by atoms with Crippen molar-refractivity contribution >= 4 is 19.1 Å². The lowest BCUT2D eigenvalue weighted by atomic mass is 9.78. The first-order valence-corrected chi connectivity index (χ1v) is 9.94. The molecule has 2 N–H and O–H groups in total. The predicted molar refractivity (Wildman–Crippen MR) is 117 cm³/mol. The summed E-state index contributed by atoms with van der Waals surface area (Å²) in [6.07, 6.45) is 0.868. The molecule has 1 aliphatic rings. The highest BCUT2D eigenvalue weighted by molar-refractivity contribution is 6.62. The number of nitrogens with two attached hydrogens (primary N) is 1. The maximum Gasteiger partial charge on any atom is 0.494 e. The van der Waals surface area contributed by atoms with Crippen molar-refractivity contribution in [3.8, 4) is 0 Å². The molecule has 1 heterocycles. The zero-order chi connectivity index (χ0) is 21.5. The van der Waals surface area contributed by atoms with Gasteiger partial charge in [-0.25, -0.2) is 0 Å². The minimum atomic E-state index is -0.297. The van der Waals surface area contributed by atoms with Gasteiger partial charge in [-0.3, -0.25) is 4.79 Å². The monoisotopic (exact) mass is 397 g/mol. The molecule has 0 amide bonds. The Bertz CT molecular complexity index is 761. The summed E-state index contributed by atoms with van der Waals surface area (Å²) in [5, 5.41) is 0. The number of rotatable bonds is 6. The summed E-state index contributed by atoms with van der Waals surface area (Å²) in [4.78, 5) is 9.76. The minimum Gasteiger partial charge on any atom is -0.463 e. The van der Waals surface area contributed by atoms with E-state index in [9.17, 15) is 4.79 Å². The standard InChI is InChI=1S/C15H24BNO2.C8H8O2/c1-11(17)9-12-7-6-8-13(10-12)16-18-14(2,3)15(4,5)19-16;9-7-10-6-8-4-2-1-3-5-8/h6-8,10-11H,9,17H2,1-5H3;1-5,7H,6H2. The van der Waals surface area contributed by atoms with E-state index in [0.717, 1.165) is 17.4 Å². The first-order valence-electron chi connectivity index (χ1n) is 9.94. The summed E-state index contributed by atoms with van der Waals surface area (Å²) in [6, 6.07) is 18.0. The summed E-state index contributed by atoms with van der Waals surface area (Å²) < 4.78 is 16.7. The van der Waals surface area contributed by atoms with E-state index < -0.39 is 0 Å². The molecule has 1 unspecified atom stereocenters. The maximum atomic E-state index is 9.76. The van der Waals surface area contributed by atoms with Gasteiger partial charge in [0.15, 0.2) is 0 Å². The van der Waals surface area contributed by atoms with Gasteiger partial charge in [0.25, 0.3) is 6.47 Å². The lowest BCUT2D eigenvalue weighted by Crippen LogP contribution is -2.41. The molecular formula is C23H32BNO4. The van der Waals surface area contributed by atoms with Gasteiger partial charge >= 0.3 is 7.12 Å². The number of benzene rings is 2. The molecule has 0 spiro atoms. The molecule has 0 saturated carbocycles. The van der Waals surface area contributed by atoms with Crippen LogP contribution in [0, 0.1) is 0 Å². The summed E-state index contributed by atoms with van der Waals surface area (Å²) in [5.41, 5.74) is 8.56. The lowest BCUT2D eigenvalue weighted by molar-refractivity contribution is -0.129. The molecule has 0 aliphatic carbocycles. The van der Waals surface area contributed by atoms with E-state index in [1.54, 1.807) is 0 Å². The van der Waals surface area contributed by atoms with Crippen LogP contribution >= 0.6 is 0 Å². The van der Waals surface area contributed by atoms with E-state index in [1.807, 2.05) is 49.4 Å². The van der Waals surface area contributed by atoms with E-state index in [-0.39, 0.29) is 24.4 Å². The molecule has 1 aliphatic heterocycles. The lowest BCUT2D eigenvalue weighted by Gasteiger charge is -2.32. The van der Waals surface area contributed by atoms with Crippen LogP contribution in [0.25, 0.3) is 0 Å². The van der Waals surface area contributed by atoms with Crippen LogP contribution in [0.2, 0.25) is 0 Å². The molecule has 5 nitrogen and oxygen atoms in total. The number of ether oxygens (including phenoxy) is 1. The molecule has 0 aromatic heterocycles. The van der Waals surface area contributed by atoms with Crippen LogP contribution in [0.5, 0.6) is 0 Å². The van der Waals surface area contributed by atoms with Gasteiger partial charge in [-0.1, -0.05) is 54.6 Å². The highest BCUT2D eigenvalue weighted by Crippen LogP contribution is 2.36. The maximum absolute atomic E-state index is 9.76. The van der Waals surface area contributed by atoms with Crippen LogP contribution in [0.15, 0.2) is 54.6 Å². The third kappa shape index (κ3) is 6.70. The van der Waals surface area contributed by atoms with Crippen molar-refractivity contribution in [3.63, 3.8) is 0 Å². The zero-order valence-electron chi connectivity index (χ0n) is 18.1. The highest BCUT2D eigenvalue weighted by atomic mass is 16.7. The fraction of sp³-hybridized carbons (Fsp3) is 0.435. The van der Waals surface area contributed by atoms with Crippen LogP contribution in [0.4, 0.5) is 0 Å². The molecule has 6 heteroatoms. The molecule has 156 valence electrons. The van der Waals surface area contributed by atoms with Crippen molar-refractivity contribution in [1.82, 2.24) is 0 Å². The second-order valence-corrected chi connectivity index (χ2v) is 8.41. The molecular weight excluding hydrogens is 365 g/mol.